The number of hydrogen-bond acceptors (Lipinski definition) is 2. The van der Waals surface area contributed by atoms with E-state index in [4.69, 9.17) is 0 Å². The molecule has 0 heterocycles. The van der Waals surface area contributed by atoms with E-state index in [9.17, 15) is 9.90 Å². The summed E-state index contributed by atoms with van der Waals surface area (Å²) in [5, 5.41) is 12.6. The van der Waals surface area contributed by atoms with Crippen molar-refractivity contribution < 1.29 is 9.90 Å². The first-order chi connectivity index (χ1) is 8.04. The van der Waals surface area contributed by atoms with E-state index >= 15 is 0 Å². The number of rotatable bonds is 5. The van der Waals surface area contributed by atoms with Gasteiger partial charge in [-0.15, -0.1) is 0 Å². The number of hydrogen-bond donors (Lipinski definition) is 2. The van der Waals surface area contributed by atoms with Crippen LogP contribution >= 0.6 is 0 Å². The minimum Gasteiger partial charge on any atom is -0.480 e. The van der Waals surface area contributed by atoms with Crippen LogP contribution in [0.2, 0.25) is 0 Å². The molecular formula is C14H19NO2. The zero-order valence-electron chi connectivity index (χ0n) is 10.3. The normalized spacial score (nSPS) is 20.6. The van der Waals surface area contributed by atoms with E-state index in [1.165, 1.54) is 0 Å². The van der Waals surface area contributed by atoms with Gasteiger partial charge >= 0.3 is 5.97 Å². The van der Waals surface area contributed by atoms with E-state index in [0.717, 1.165) is 18.4 Å². The van der Waals surface area contributed by atoms with Gasteiger partial charge in [-0.1, -0.05) is 30.3 Å². The minimum atomic E-state index is -0.796. The molecule has 0 spiro atoms. The highest BCUT2D eigenvalue weighted by atomic mass is 16.4. The topological polar surface area (TPSA) is 49.3 Å². The first-order valence-corrected chi connectivity index (χ1v) is 6.10. The molecule has 1 fully saturated rings. The summed E-state index contributed by atoms with van der Waals surface area (Å²) < 4.78 is 0. The van der Waals surface area contributed by atoms with Crippen LogP contribution in [0.25, 0.3) is 0 Å². The Hall–Kier alpha value is -1.35. The molecule has 2 rings (SSSR count). The van der Waals surface area contributed by atoms with Crippen molar-refractivity contribution in [1.82, 2.24) is 5.32 Å². The lowest BCUT2D eigenvalue weighted by Crippen LogP contribution is -2.52. The number of nitrogens with one attached hydrogen (secondary N) is 1. The molecule has 0 amide bonds. The van der Waals surface area contributed by atoms with Crippen LogP contribution in [0, 0.1) is 5.92 Å². The molecule has 17 heavy (non-hydrogen) atoms. The third-order valence-corrected chi connectivity index (χ3v) is 3.65. The Morgan fingerprint density at radius 3 is 2.47 bits per heavy atom. The Morgan fingerprint density at radius 1 is 1.41 bits per heavy atom. The molecule has 92 valence electrons. The van der Waals surface area contributed by atoms with Crippen molar-refractivity contribution in [3.05, 3.63) is 35.9 Å². The van der Waals surface area contributed by atoms with Gasteiger partial charge in [0.05, 0.1) is 0 Å². The van der Waals surface area contributed by atoms with Crippen molar-refractivity contribution in [2.75, 3.05) is 0 Å². The molecule has 2 N–H and O–H groups in total. The summed E-state index contributed by atoms with van der Waals surface area (Å²) in [5.41, 5.74) is 0.329. The van der Waals surface area contributed by atoms with Crippen molar-refractivity contribution in [3.8, 4) is 0 Å². The third kappa shape index (κ3) is 2.50. The summed E-state index contributed by atoms with van der Waals surface area (Å²) in [6.07, 6.45) is 2.02. The molecule has 1 aromatic rings. The molecule has 1 saturated carbocycles. The summed E-state index contributed by atoms with van der Waals surface area (Å²) >= 11 is 0. The lowest BCUT2D eigenvalue weighted by molar-refractivity contribution is -0.145. The molecule has 1 aliphatic carbocycles. The minimum absolute atomic E-state index is 0.0536. The van der Waals surface area contributed by atoms with E-state index in [1.54, 1.807) is 6.92 Å². The number of carboxylic acid groups (broad SMARTS) is 1. The number of aliphatic carboxylic acids is 1. The lowest BCUT2D eigenvalue weighted by atomic mass is 9.93. The van der Waals surface area contributed by atoms with Crippen molar-refractivity contribution >= 4 is 5.97 Å². The maximum atomic E-state index is 11.4. The van der Waals surface area contributed by atoms with Gasteiger partial charge < -0.3 is 5.11 Å². The fourth-order valence-corrected chi connectivity index (χ4v) is 2.29. The van der Waals surface area contributed by atoms with Gasteiger partial charge in [0.15, 0.2) is 0 Å². The first-order valence-electron chi connectivity index (χ1n) is 6.10. The molecule has 2 atom stereocenters. The quantitative estimate of drug-likeness (QED) is 0.821. The number of carboxylic acids is 1. The van der Waals surface area contributed by atoms with Gasteiger partial charge in [-0.05, 0) is 38.2 Å². The van der Waals surface area contributed by atoms with Crippen LogP contribution in [0.3, 0.4) is 0 Å². The Balaban J connectivity index is 2.11. The molecule has 2 unspecified atom stereocenters. The second kappa shape index (κ2) is 4.49. The fourth-order valence-electron chi connectivity index (χ4n) is 2.29. The SMILES string of the molecule is CC(NC(C)(C(=O)O)C1CC1)c1ccccc1. The van der Waals surface area contributed by atoms with Gasteiger partial charge in [0.25, 0.3) is 0 Å². The summed E-state index contributed by atoms with van der Waals surface area (Å²) in [6.45, 7) is 3.81. The fraction of sp³-hybridized carbons (Fsp3) is 0.500. The average Bonchev–Trinajstić information content (AvgIpc) is 3.13. The van der Waals surface area contributed by atoms with E-state index in [-0.39, 0.29) is 12.0 Å². The van der Waals surface area contributed by atoms with E-state index in [1.807, 2.05) is 37.3 Å². The van der Waals surface area contributed by atoms with Gasteiger partial charge in [0.1, 0.15) is 5.54 Å². The summed E-state index contributed by atoms with van der Waals surface area (Å²) in [5.74, 6) is -0.478. The van der Waals surface area contributed by atoms with Crippen molar-refractivity contribution in [2.24, 2.45) is 5.92 Å². The van der Waals surface area contributed by atoms with Crippen molar-refractivity contribution in [3.63, 3.8) is 0 Å². The van der Waals surface area contributed by atoms with Crippen LogP contribution in [0.1, 0.15) is 38.3 Å². The van der Waals surface area contributed by atoms with E-state index < -0.39 is 11.5 Å². The van der Waals surface area contributed by atoms with Crippen molar-refractivity contribution in [2.45, 2.75) is 38.3 Å². The summed E-state index contributed by atoms with van der Waals surface area (Å²) in [4.78, 5) is 11.4. The molecule has 3 heteroatoms. The Bertz CT molecular complexity index is 400. The summed E-state index contributed by atoms with van der Waals surface area (Å²) in [6, 6.07) is 10.0. The van der Waals surface area contributed by atoms with Gasteiger partial charge in [0.2, 0.25) is 0 Å². The molecular weight excluding hydrogens is 214 g/mol. The lowest BCUT2D eigenvalue weighted by Gasteiger charge is -2.30. The van der Waals surface area contributed by atoms with Crippen LogP contribution in [0.5, 0.6) is 0 Å². The monoisotopic (exact) mass is 233 g/mol. The van der Waals surface area contributed by atoms with Crippen LogP contribution in [0.4, 0.5) is 0 Å². The van der Waals surface area contributed by atoms with E-state index in [2.05, 4.69) is 5.32 Å². The average molecular weight is 233 g/mol. The highest BCUT2D eigenvalue weighted by molar-refractivity contribution is 5.79. The predicted octanol–water partition coefficient (Wildman–Crippen LogP) is 2.59. The molecule has 1 aliphatic rings. The largest absolute Gasteiger partial charge is 0.480 e. The van der Waals surface area contributed by atoms with Crippen LogP contribution < -0.4 is 5.32 Å². The van der Waals surface area contributed by atoms with Gasteiger partial charge in [-0.3, -0.25) is 10.1 Å². The standard InChI is InChI=1S/C14H19NO2/c1-10(11-6-4-3-5-7-11)15-14(2,13(16)17)12-8-9-12/h3-7,10,12,15H,8-9H2,1-2H3,(H,16,17). The van der Waals surface area contributed by atoms with Crippen molar-refractivity contribution in [1.29, 1.82) is 0 Å². The molecule has 0 aromatic heterocycles. The van der Waals surface area contributed by atoms with Crippen LogP contribution in [0.15, 0.2) is 30.3 Å². The van der Waals surface area contributed by atoms with Crippen LogP contribution in [-0.4, -0.2) is 16.6 Å². The maximum Gasteiger partial charge on any atom is 0.323 e. The van der Waals surface area contributed by atoms with Crippen LogP contribution in [-0.2, 0) is 4.79 Å². The maximum absolute atomic E-state index is 11.4. The molecule has 1 aromatic carbocycles. The Morgan fingerprint density at radius 2 is 2.00 bits per heavy atom. The Labute approximate surface area is 102 Å². The van der Waals surface area contributed by atoms with Gasteiger partial charge in [-0.2, -0.15) is 0 Å². The second-order valence-corrected chi connectivity index (χ2v) is 5.06. The number of benzene rings is 1. The molecule has 0 bridgehead atoms. The smallest absolute Gasteiger partial charge is 0.323 e. The summed E-state index contributed by atoms with van der Waals surface area (Å²) in [7, 11) is 0. The number of carbonyl (C=O) groups is 1. The zero-order valence-corrected chi connectivity index (χ0v) is 10.3. The van der Waals surface area contributed by atoms with E-state index in [0.29, 0.717) is 0 Å². The highest BCUT2D eigenvalue weighted by Gasteiger charge is 2.47. The van der Waals surface area contributed by atoms with Gasteiger partial charge in [-0.25, -0.2) is 0 Å². The van der Waals surface area contributed by atoms with Gasteiger partial charge in [0, 0.05) is 6.04 Å². The molecule has 0 radical (unpaired) electrons. The predicted molar refractivity (Wildman–Crippen MR) is 66.8 cm³/mol. The third-order valence-electron chi connectivity index (χ3n) is 3.65. The highest BCUT2D eigenvalue weighted by Crippen LogP contribution is 2.40. The first kappa shape index (κ1) is 12.1. The second-order valence-electron chi connectivity index (χ2n) is 5.06. The molecule has 0 aliphatic heterocycles. The molecule has 0 saturated heterocycles. The zero-order chi connectivity index (χ0) is 12.5. The Kier molecular flexibility index (Phi) is 3.20. The molecule has 3 nitrogen and oxygen atoms in total.